The molecule has 0 aromatic heterocycles. The van der Waals surface area contributed by atoms with E-state index in [9.17, 15) is 14.7 Å². The molecule has 2 saturated heterocycles. The highest BCUT2D eigenvalue weighted by Gasteiger charge is 2.64. The first-order valence-electron chi connectivity index (χ1n) is 16.4. The van der Waals surface area contributed by atoms with E-state index in [1.165, 1.54) is 12.0 Å². The molecule has 2 aliphatic heterocycles. The van der Waals surface area contributed by atoms with E-state index in [0.717, 1.165) is 100 Å². The first-order valence-corrected chi connectivity index (χ1v) is 16.4. The number of ether oxygens (including phenoxy) is 2. The summed E-state index contributed by atoms with van der Waals surface area (Å²) in [5, 5.41) is 10.8. The number of hydrogen-bond donors (Lipinski definition) is 1. The van der Waals surface area contributed by atoms with E-state index >= 15 is 0 Å². The minimum atomic E-state index is -0.577. The van der Waals surface area contributed by atoms with Gasteiger partial charge in [0.25, 0.3) is 0 Å². The van der Waals surface area contributed by atoms with Crippen LogP contribution < -0.4 is 0 Å². The summed E-state index contributed by atoms with van der Waals surface area (Å²) in [5.41, 5.74) is 3.45. The maximum atomic E-state index is 14.2. The Bertz CT molecular complexity index is 1170. The van der Waals surface area contributed by atoms with Crippen molar-refractivity contribution in [3.8, 4) is 0 Å². The number of ketones is 1. The van der Waals surface area contributed by atoms with E-state index in [2.05, 4.69) is 38.1 Å². The Hall–Kier alpha value is -2.18. The first-order chi connectivity index (χ1) is 19.8. The number of Topliss-reactive ketones (excluding diaryl/α,β-unsaturated/α-hetero) is 1. The summed E-state index contributed by atoms with van der Waals surface area (Å²) in [5.74, 6) is 0.488. The number of allylic oxidation sites excluding steroid dienone is 2. The van der Waals surface area contributed by atoms with Crippen LogP contribution in [0.5, 0.6) is 0 Å². The summed E-state index contributed by atoms with van der Waals surface area (Å²) in [6.45, 7) is 6.46. The Morgan fingerprint density at radius 2 is 1.90 bits per heavy atom. The van der Waals surface area contributed by atoms with Gasteiger partial charge in [-0.1, -0.05) is 50.0 Å². The molecule has 1 amide bonds. The Kier molecular flexibility index (Phi) is 8.35. The summed E-state index contributed by atoms with van der Waals surface area (Å²) < 4.78 is 12.3. The largest absolute Gasteiger partial charge is 0.440 e. The smallest absolute Gasteiger partial charge is 0.410 e. The standard InChI is InChI=1S/C35H49NO5/c1-24-8-6-17-34(2)31(16-18-35(34)23-36(33(39)41-35)22-28-11-7-19-40-28)29-15-13-25(20-27(37)14-12-24)21-30(29)32(38)26-9-4-3-5-10-26/h8,13,15,21,26-28,31,37H,3-7,9-12,14,16-20,22-23H2,1-2H3. The van der Waals surface area contributed by atoms with Gasteiger partial charge in [0.2, 0.25) is 0 Å². The molecule has 1 aromatic rings. The van der Waals surface area contributed by atoms with Gasteiger partial charge in [0, 0.05) is 23.5 Å². The summed E-state index contributed by atoms with van der Waals surface area (Å²) in [4.78, 5) is 29.4. The molecule has 6 heteroatoms. The number of aliphatic hydroxyl groups is 1. The van der Waals surface area contributed by atoms with Gasteiger partial charge in [-0.2, -0.15) is 0 Å². The van der Waals surface area contributed by atoms with E-state index in [1.54, 1.807) is 0 Å². The number of carbonyl (C=O) groups excluding carboxylic acids is 2. The second-order valence-electron chi connectivity index (χ2n) is 14.0. The normalized spacial score (nSPS) is 34.9. The molecule has 4 aliphatic carbocycles. The lowest BCUT2D eigenvalue weighted by Gasteiger charge is -2.43. The Labute approximate surface area is 245 Å². The predicted octanol–water partition coefficient (Wildman–Crippen LogP) is 7.13. The third kappa shape index (κ3) is 5.63. The molecular formula is C35H49NO5. The minimum absolute atomic E-state index is 0.0833. The van der Waals surface area contributed by atoms with Gasteiger partial charge in [0.05, 0.1) is 25.3 Å². The Morgan fingerprint density at radius 3 is 2.68 bits per heavy atom. The van der Waals surface area contributed by atoms with Crippen LogP contribution in [-0.4, -0.2) is 59.4 Å². The van der Waals surface area contributed by atoms with Gasteiger partial charge >= 0.3 is 6.09 Å². The quantitative estimate of drug-likeness (QED) is 0.312. The lowest BCUT2D eigenvalue weighted by atomic mass is 9.64. The van der Waals surface area contributed by atoms with E-state index in [1.807, 2.05) is 4.90 Å². The second kappa shape index (κ2) is 11.8. The Morgan fingerprint density at radius 1 is 1.07 bits per heavy atom. The van der Waals surface area contributed by atoms with Crippen LogP contribution in [0.1, 0.15) is 125 Å². The highest BCUT2D eigenvalue weighted by molar-refractivity contribution is 5.99. The number of hydrogen-bond acceptors (Lipinski definition) is 5. The van der Waals surface area contributed by atoms with Crippen molar-refractivity contribution in [3.63, 3.8) is 0 Å². The zero-order valence-electron chi connectivity index (χ0n) is 25.2. The van der Waals surface area contributed by atoms with E-state index in [0.29, 0.717) is 19.5 Å². The lowest BCUT2D eigenvalue weighted by Crippen LogP contribution is -2.48. The molecule has 41 heavy (non-hydrogen) atoms. The maximum absolute atomic E-state index is 14.2. The molecule has 2 saturated carbocycles. The van der Waals surface area contributed by atoms with Gasteiger partial charge in [-0.05, 0) is 101 Å². The van der Waals surface area contributed by atoms with Gasteiger partial charge < -0.3 is 19.5 Å². The number of aliphatic hydroxyl groups excluding tert-OH is 1. The van der Waals surface area contributed by atoms with Crippen molar-refractivity contribution < 1.29 is 24.2 Å². The molecule has 0 radical (unpaired) electrons. The van der Waals surface area contributed by atoms with Crippen molar-refractivity contribution in [2.75, 3.05) is 19.7 Å². The van der Waals surface area contributed by atoms with Gasteiger partial charge in [0.15, 0.2) is 5.78 Å². The number of nitrogens with zero attached hydrogens (tertiary/aromatic N) is 1. The molecule has 1 spiro atoms. The number of fused-ring (bicyclic) bond motifs is 8. The molecule has 2 heterocycles. The van der Waals surface area contributed by atoms with Crippen LogP contribution in [0.4, 0.5) is 4.79 Å². The third-order valence-electron chi connectivity index (χ3n) is 11.3. The van der Waals surface area contributed by atoms with Crippen molar-refractivity contribution in [1.82, 2.24) is 4.90 Å². The zero-order chi connectivity index (χ0) is 28.6. The molecule has 1 aromatic carbocycles. The topological polar surface area (TPSA) is 76.1 Å². The van der Waals surface area contributed by atoms with E-state index < -0.39 is 11.7 Å². The van der Waals surface area contributed by atoms with E-state index in [4.69, 9.17) is 9.47 Å². The molecule has 7 rings (SSSR count). The maximum Gasteiger partial charge on any atom is 0.410 e. The van der Waals surface area contributed by atoms with Crippen LogP contribution in [0.15, 0.2) is 29.8 Å². The van der Waals surface area contributed by atoms with Crippen LogP contribution in [0.25, 0.3) is 0 Å². The fourth-order valence-corrected chi connectivity index (χ4v) is 8.76. The fraction of sp³-hybridized carbons (Fsp3) is 0.714. The molecule has 6 aliphatic rings. The SMILES string of the molecule is CC1=CCCC2(C)C(CCC23CN(CC2CCCO2)C(=O)O3)c2ccc(cc2C(=O)C2CCCCC2)CC(O)CC1. The molecule has 5 unspecified atom stereocenters. The van der Waals surface area contributed by atoms with Crippen molar-refractivity contribution >= 4 is 11.9 Å². The third-order valence-corrected chi connectivity index (χ3v) is 11.3. The summed E-state index contributed by atoms with van der Waals surface area (Å²) in [6, 6.07) is 6.44. The average Bonchev–Trinajstić information content (AvgIpc) is 3.66. The average molecular weight is 564 g/mol. The van der Waals surface area contributed by atoms with Gasteiger partial charge in [0.1, 0.15) is 5.60 Å². The molecule has 2 bridgehead atoms. The van der Waals surface area contributed by atoms with E-state index in [-0.39, 0.29) is 35.2 Å². The molecule has 224 valence electrons. The molecule has 4 fully saturated rings. The number of rotatable bonds is 4. The number of carbonyl (C=O) groups is 2. The zero-order valence-corrected chi connectivity index (χ0v) is 25.2. The lowest BCUT2D eigenvalue weighted by molar-refractivity contribution is -0.0375. The number of benzene rings is 1. The first kappa shape index (κ1) is 28.9. The molecule has 5 atom stereocenters. The summed E-state index contributed by atoms with van der Waals surface area (Å²) in [7, 11) is 0. The second-order valence-corrected chi connectivity index (χ2v) is 14.0. The fourth-order valence-electron chi connectivity index (χ4n) is 8.76. The van der Waals surface area contributed by atoms with Crippen LogP contribution in [0, 0.1) is 11.3 Å². The van der Waals surface area contributed by atoms with Crippen LogP contribution >= 0.6 is 0 Å². The predicted molar refractivity (Wildman–Crippen MR) is 159 cm³/mol. The van der Waals surface area contributed by atoms with Crippen molar-refractivity contribution in [2.24, 2.45) is 11.3 Å². The molecule has 1 N–H and O–H groups in total. The van der Waals surface area contributed by atoms with Crippen molar-refractivity contribution in [1.29, 1.82) is 0 Å². The van der Waals surface area contributed by atoms with Gasteiger partial charge in [-0.25, -0.2) is 4.79 Å². The van der Waals surface area contributed by atoms with Gasteiger partial charge in [-0.3, -0.25) is 4.79 Å². The van der Waals surface area contributed by atoms with Crippen LogP contribution in [-0.2, 0) is 15.9 Å². The Balaban J connectivity index is 1.39. The van der Waals surface area contributed by atoms with Crippen LogP contribution in [0.3, 0.4) is 0 Å². The van der Waals surface area contributed by atoms with Crippen molar-refractivity contribution in [2.45, 2.75) is 127 Å². The highest BCUT2D eigenvalue weighted by Crippen LogP contribution is 2.61. The summed E-state index contributed by atoms with van der Waals surface area (Å²) in [6.07, 6.45) is 14.9. The molecule has 6 nitrogen and oxygen atoms in total. The number of amides is 1. The molecular weight excluding hydrogens is 514 g/mol. The summed E-state index contributed by atoms with van der Waals surface area (Å²) >= 11 is 0. The van der Waals surface area contributed by atoms with Crippen molar-refractivity contribution in [3.05, 3.63) is 46.5 Å². The monoisotopic (exact) mass is 563 g/mol. The van der Waals surface area contributed by atoms with Crippen LogP contribution in [0.2, 0.25) is 0 Å². The highest BCUT2D eigenvalue weighted by atomic mass is 16.6. The van der Waals surface area contributed by atoms with Gasteiger partial charge in [-0.15, -0.1) is 0 Å². The minimum Gasteiger partial charge on any atom is -0.440 e.